The molecule has 1 atom stereocenters. The summed E-state index contributed by atoms with van der Waals surface area (Å²) in [6.45, 7) is 5.05. The minimum absolute atomic E-state index is 0.118. The van der Waals surface area contributed by atoms with E-state index in [9.17, 15) is 4.39 Å². The molecule has 1 N–H and O–H groups in total. The van der Waals surface area contributed by atoms with Crippen LogP contribution in [0.15, 0.2) is 42.5 Å². The number of hydrogen-bond acceptors (Lipinski definition) is 1. The molecule has 2 aromatic carbocycles. The molecule has 0 spiro atoms. The summed E-state index contributed by atoms with van der Waals surface area (Å²) in [6, 6.07) is 13.6. The standard InChI is InChI=1S/C17H19FIN/c1-3-10-20-17(13-4-7-15(19)8-5-13)16-9-6-14(18)11-12(16)2/h4-9,11,17,20H,3,10H2,1-2H3. The molecule has 2 rings (SSSR count). The molecule has 0 heterocycles. The lowest BCUT2D eigenvalue weighted by atomic mass is 9.95. The van der Waals surface area contributed by atoms with Crippen molar-refractivity contribution in [2.75, 3.05) is 6.54 Å². The van der Waals surface area contributed by atoms with E-state index in [1.54, 1.807) is 6.07 Å². The molecule has 0 amide bonds. The normalized spacial score (nSPS) is 12.4. The van der Waals surface area contributed by atoms with Crippen LogP contribution in [0.4, 0.5) is 4.39 Å². The van der Waals surface area contributed by atoms with Crippen molar-refractivity contribution in [1.29, 1.82) is 0 Å². The summed E-state index contributed by atoms with van der Waals surface area (Å²) in [5.41, 5.74) is 3.34. The highest BCUT2D eigenvalue weighted by Crippen LogP contribution is 2.26. The SMILES string of the molecule is CCCNC(c1ccc(I)cc1)c1ccc(F)cc1C. The van der Waals surface area contributed by atoms with Crippen molar-refractivity contribution in [3.63, 3.8) is 0 Å². The second kappa shape index (κ2) is 7.18. The number of nitrogens with one attached hydrogen (secondary N) is 1. The second-order valence-electron chi connectivity index (χ2n) is 4.94. The van der Waals surface area contributed by atoms with E-state index in [0.717, 1.165) is 24.1 Å². The van der Waals surface area contributed by atoms with Crippen LogP contribution < -0.4 is 5.32 Å². The summed E-state index contributed by atoms with van der Waals surface area (Å²) in [6.07, 6.45) is 1.07. The van der Waals surface area contributed by atoms with Gasteiger partial charge in [0.1, 0.15) is 5.82 Å². The molecule has 3 heteroatoms. The molecule has 0 fully saturated rings. The molecule has 0 aliphatic heterocycles. The smallest absolute Gasteiger partial charge is 0.123 e. The summed E-state index contributed by atoms with van der Waals surface area (Å²) in [7, 11) is 0. The molecule has 0 aromatic heterocycles. The number of aryl methyl sites for hydroxylation is 1. The molecule has 0 saturated carbocycles. The van der Waals surface area contributed by atoms with Gasteiger partial charge in [-0.2, -0.15) is 0 Å². The fourth-order valence-corrected chi connectivity index (χ4v) is 2.67. The van der Waals surface area contributed by atoms with Gasteiger partial charge >= 0.3 is 0 Å². The van der Waals surface area contributed by atoms with Gasteiger partial charge in [-0.3, -0.25) is 0 Å². The quantitative estimate of drug-likeness (QED) is 0.730. The Balaban J connectivity index is 2.38. The van der Waals surface area contributed by atoms with Gasteiger partial charge in [0.15, 0.2) is 0 Å². The lowest BCUT2D eigenvalue weighted by Gasteiger charge is -2.21. The van der Waals surface area contributed by atoms with Crippen LogP contribution in [0.3, 0.4) is 0 Å². The van der Waals surface area contributed by atoms with Crippen LogP contribution in [0, 0.1) is 16.3 Å². The number of hydrogen-bond donors (Lipinski definition) is 1. The Hall–Kier alpha value is -0.940. The molecule has 0 aliphatic rings. The maximum Gasteiger partial charge on any atom is 0.123 e. The zero-order chi connectivity index (χ0) is 14.5. The summed E-state index contributed by atoms with van der Waals surface area (Å²) >= 11 is 2.30. The highest BCUT2D eigenvalue weighted by molar-refractivity contribution is 14.1. The van der Waals surface area contributed by atoms with Gasteiger partial charge in [0, 0.05) is 3.57 Å². The van der Waals surface area contributed by atoms with Crippen LogP contribution in [-0.4, -0.2) is 6.54 Å². The summed E-state index contributed by atoms with van der Waals surface area (Å²) < 4.78 is 14.5. The predicted octanol–water partition coefficient (Wildman–Crippen LogP) is 4.83. The average molecular weight is 383 g/mol. The Morgan fingerprint density at radius 2 is 1.85 bits per heavy atom. The molecule has 0 aliphatic carbocycles. The van der Waals surface area contributed by atoms with E-state index < -0.39 is 0 Å². The number of benzene rings is 2. The van der Waals surface area contributed by atoms with Crippen LogP contribution in [0.1, 0.15) is 36.1 Å². The van der Waals surface area contributed by atoms with Gasteiger partial charge in [-0.15, -0.1) is 0 Å². The first-order valence-corrected chi connectivity index (χ1v) is 7.94. The van der Waals surface area contributed by atoms with Crippen LogP contribution in [0.2, 0.25) is 0 Å². The highest BCUT2D eigenvalue weighted by atomic mass is 127. The van der Waals surface area contributed by atoms with Crippen molar-refractivity contribution in [1.82, 2.24) is 5.32 Å². The molecule has 1 nitrogen and oxygen atoms in total. The first-order chi connectivity index (χ1) is 9.61. The average Bonchev–Trinajstić information content (AvgIpc) is 2.42. The van der Waals surface area contributed by atoms with Gasteiger partial charge < -0.3 is 5.32 Å². The minimum Gasteiger partial charge on any atom is -0.306 e. The van der Waals surface area contributed by atoms with E-state index in [1.807, 2.05) is 13.0 Å². The summed E-state index contributed by atoms with van der Waals surface area (Å²) in [5.74, 6) is -0.178. The Morgan fingerprint density at radius 1 is 1.15 bits per heavy atom. The predicted molar refractivity (Wildman–Crippen MR) is 90.4 cm³/mol. The third-order valence-electron chi connectivity index (χ3n) is 3.34. The van der Waals surface area contributed by atoms with Crippen molar-refractivity contribution in [2.24, 2.45) is 0 Å². The van der Waals surface area contributed by atoms with E-state index in [2.05, 4.69) is 59.1 Å². The van der Waals surface area contributed by atoms with E-state index in [-0.39, 0.29) is 11.9 Å². The van der Waals surface area contributed by atoms with Gasteiger partial charge in [0.2, 0.25) is 0 Å². The van der Waals surface area contributed by atoms with Crippen molar-refractivity contribution in [2.45, 2.75) is 26.3 Å². The van der Waals surface area contributed by atoms with E-state index in [4.69, 9.17) is 0 Å². The number of rotatable bonds is 5. The maximum atomic E-state index is 13.3. The molecular weight excluding hydrogens is 364 g/mol. The molecule has 20 heavy (non-hydrogen) atoms. The van der Waals surface area contributed by atoms with Crippen molar-refractivity contribution < 1.29 is 4.39 Å². The van der Waals surface area contributed by atoms with Gasteiger partial charge in [0.05, 0.1) is 6.04 Å². The first kappa shape index (κ1) is 15.4. The lowest BCUT2D eigenvalue weighted by molar-refractivity contribution is 0.590. The molecule has 0 saturated heterocycles. The molecule has 2 aromatic rings. The molecular formula is C17H19FIN. The summed E-state index contributed by atoms with van der Waals surface area (Å²) in [4.78, 5) is 0. The van der Waals surface area contributed by atoms with Crippen LogP contribution >= 0.6 is 22.6 Å². The largest absolute Gasteiger partial charge is 0.306 e. The van der Waals surface area contributed by atoms with Gasteiger partial charge in [-0.25, -0.2) is 4.39 Å². The minimum atomic E-state index is -0.178. The second-order valence-corrected chi connectivity index (χ2v) is 6.19. The van der Waals surface area contributed by atoms with Gasteiger partial charge in [0.25, 0.3) is 0 Å². The fourth-order valence-electron chi connectivity index (χ4n) is 2.31. The third-order valence-corrected chi connectivity index (χ3v) is 4.06. The molecule has 1 unspecified atom stereocenters. The Morgan fingerprint density at radius 3 is 2.45 bits per heavy atom. The first-order valence-electron chi connectivity index (χ1n) is 6.86. The van der Waals surface area contributed by atoms with Gasteiger partial charge in [-0.1, -0.05) is 25.1 Å². The third kappa shape index (κ3) is 3.79. The molecule has 0 radical (unpaired) electrons. The van der Waals surface area contributed by atoms with Crippen LogP contribution in [0.5, 0.6) is 0 Å². The van der Waals surface area contributed by atoms with Crippen molar-refractivity contribution >= 4 is 22.6 Å². The zero-order valence-corrected chi connectivity index (χ0v) is 13.9. The lowest BCUT2D eigenvalue weighted by Crippen LogP contribution is -2.24. The maximum absolute atomic E-state index is 13.3. The molecule has 0 bridgehead atoms. The number of halogens is 2. The van der Waals surface area contributed by atoms with Crippen LogP contribution in [0.25, 0.3) is 0 Å². The van der Waals surface area contributed by atoms with E-state index in [0.29, 0.717) is 0 Å². The van der Waals surface area contributed by atoms with E-state index in [1.165, 1.54) is 15.2 Å². The van der Waals surface area contributed by atoms with Crippen LogP contribution in [-0.2, 0) is 0 Å². The van der Waals surface area contributed by atoms with Gasteiger partial charge in [-0.05, 0) is 83.4 Å². The van der Waals surface area contributed by atoms with Crippen molar-refractivity contribution in [3.8, 4) is 0 Å². The molecule has 106 valence electrons. The highest BCUT2D eigenvalue weighted by Gasteiger charge is 2.15. The van der Waals surface area contributed by atoms with E-state index >= 15 is 0 Å². The topological polar surface area (TPSA) is 12.0 Å². The van der Waals surface area contributed by atoms with Crippen molar-refractivity contribution in [3.05, 3.63) is 68.5 Å². The Kier molecular flexibility index (Phi) is 5.54. The Bertz CT molecular complexity index is 566. The zero-order valence-electron chi connectivity index (χ0n) is 11.8. The fraction of sp³-hybridized carbons (Fsp3) is 0.294. The monoisotopic (exact) mass is 383 g/mol. The Labute approximate surface area is 133 Å². The summed E-state index contributed by atoms with van der Waals surface area (Å²) in [5, 5.41) is 3.56.